The Morgan fingerprint density at radius 2 is 2.20 bits per heavy atom. The minimum atomic E-state index is -0.682. The first-order chi connectivity index (χ1) is 9.52. The van der Waals surface area contributed by atoms with Gasteiger partial charge in [0.05, 0.1) is 0 Å². The maximum atomic E-state index is 12.8. The Hall–Kier alpha value is -1.36. The predicted molar refractivity (Wildman–Crippen MR) is 78.5 cm³/mol. The van der Waals surface area contributed by atoms with Gasteiger partial charge in [0.1, 0.15) is 11.6 Å². The normalized spacial score (nSPS) is 30.5. The summed E-state index contributed by atoms with van der Waals surface area (Å²) in [5.41, 5.74) is -0.682. The lowest BCUT2D eigenvalue weighted by Gasteiger charge is -2.43. The molecule has 2 fully saturated rings. The Kier molecular flexibility index (Phi) is 3.32. The number of thiophene rings is 1. The smallest absolute Gasteiger partial charge is 0.249 e. The fourth-order valence-corrected chi connectivity index (χ4v) is 3.65. The summed E-state index contributed by atoms with van der Waals surface area (Å²) in [6.07, 6.45) is 2.90. The van der Waals surface area contributed by atoms with Gasteiger partial charge in [0.2, 0.25) is 11.8 Å². The third-order valence-electron chi connectivity index (χ3n) is 4.51. The summed E-state index contributed by atoms with van der Waals surface area (Å²) in [6, 6.07) is 3.72. The van der Waals surface area contributed by atoms with E-state index in [-0.39, 0.29) is 17.9 Å². The summed E-state index contributed by atoms with van der Waals surface area (Å²) in [6.45, 7) is 4.32. The average molecular weight is 292 g/mol. The molecule has 0 radical (unpaired) electrons. The number of hydrogen-bond donors (Lipinski definition) is 1. The van der Waals surface area contributed by atoms with Crippen LogP contribution in [0.4, 0.5) is 0 Å². The number of carbonyl (C=O) groups excluding carboxylic acids is 2. The molecule has 0 aromatic carbocycles. The van der Waals surface area contributed by atoms with E-state index in [1.807, 2.05) is 25.3 Å². The molecular formula is C15H20N2O2S. The predicted octanol–water partition coefficient (Wildman–Crippen LogP) is 1.81. The number of piperazine rings is 1. The first-order valence-corrected chi connectivity index (χ1v) is 8.06. The molecule has 2 atom stereocenters. The Balaban J connectivity index is 1.76. The average Bonchev–Trinajstić information content (AvgIpc) is 3.15. The number of hydrogen-bond acceptors (Lipinski definition) is 3. The van der Waals surface area contributed by atoms with Crippen LogP contribution in [-0.4, -0.2) is 34.8 Å². The topological polar surface area (TPSA) is 49.4 Å². The first kappa shape index (κ1) is 13.6. The molecule has 2 unspecified atom stereocenters. The van der Waals surface area contributed by atoms with Gasteiger partial charge in [0.15, 0.2) is 0 Å². The van der Waals surface area contributed by atoms with Crippen molar-refractivity contribution in [1.29, 1.82) is 0 Å². The van der Waals surface area contributed by atoms with E-state index in [1.165, 1.54) is 4.88 Å². The molecule has 1 aromatic heterocycles. The van der Waals surface area contributed by atoms with Gasteiger partial charge in [-0.25, -0.2) is 0 Å². The second-order valence-electron chi connectivity index (χ2n) is 5.97. The van der Waals surface area contributed by atoms with Crippen LogP contribution in [0.5, 0.6) is 0 Å². The van der Waals surface area contributed by atoms with Crippen LogP contribution < -0.4 is 5.32 Å². The molecule has 2 amide bonds. The second-order valence-corrected chi connectivity index (χ2v) is 7.00. The van der Waals surface area contributed by atoms with Crippen LogP contribution in [0.25, 0.3) is 0 Å². The number of rotatable bonds is 4. The largest absolute Gasteiger partial charge is 0.340 e. The lowest BCUT2D eigenvalue weighted by atomic mass is 9.89. The van der Waals surface area contributed by atoms with Gasteiger partial charge in [-0.1, -0.05) is 6.07 Å². The molecule has 2 heterocycles. The molecule has 1 aliphatic carbocycles. The molecule has 1 N–H and O–H groups in total. The lowest BCUT2D eigenvalue weighted by Crippen LogP contribution is -2.69. The summed E-state index contributed by atoms with van der Waals surface area (Å²) in [7, 11) is 0. The van der Waals surface area contributed by atoms with Crippen molar-refractivity contribution >= 4 is 23.2 Å². The SMILES string of the molecule is CC1C(=O)NC(C)(C2CC2)C(=O)N1CCc1cccs1. The van der Waals surface area contributed by atoms with Crippen molar-refractivity contribution in [3.05, 3.63) is 22.4 Å². The van der Waals surface area contributed by atoms with E-state index in [2.05, 4.69) is 11.4 Å². The number of nitrogens with zero attached hydrogens (tertiary/aromatic N) is 1. The Bertz CT molecular complexity index is 524. The van der Waals surface area contributed by atoms with Crippen molar-refractivity contribution < 1.29 is 9.59 Å². The van der Waals surface area contributed by atoms with E-state index in [4.69, 9.17) is 0 Å². The number of nitrogens with one attached hydrogen (secondary N) is 1. The molecule has 20 heavy (non-hydrogen) atoms. The number of amides is 2. The highest BCUT2D eigenvalue weighted by atomic mass is 32.1. The third-order valence-corrected chi connectivity index (χ3v) is 5.44. The van der Waals surface area contributed by atoms with Crippen molar-refractivity contribution in [2.24, 2.45) is 5.92 Å². The molecule has 5 heteroatoms. The third kappa shape index (κ3) is 2.24. The zero-order chi connectivity index (χ0) is 14.3. The van der Waals surface area contributed by atoms with Gasteiger partial charge in [0.25, 0.3) is 0 Å². The van der Waals surface area contributed by atoms with Crippen molar-refractivity contribution in [2.45, 2.75) is 44.7 Å². The molecule has 3 rings (SSSR count). The van der Waals surface area contributed by atoms with Crippen molar-refractivity contribution in [3.63, 3.8) is 0 Å². The lowest BCUT2D eigenvalue weighted by molar-refractivity contribution is -0.154. The van der Waals surface area contributed by atoms with E-state index in [1.54, 1.807) is 16.2 Å². The van der Waals surface area contributed by atoms with Crippen LogP contribution in [0.3, 0.4) is 0 Å². The summed E-state index contributed by atoms with van der Waals surface area (Å²) >= 11 is 1.69. The first-order valence-electron chi connectivity index (χ1n) is 7.18. The summed E-state index contributed by atoms with van der Waals surface area (Å²) in [4.78, 5) is 27.9. The van der Waals surface area contributed by atoms with Gasteiger partial charge >= 0.3 is 0 Å². The molecule has 1 saturated carbocycles. The van der Waals surface area contributed by atoms with E-state index >= 15 is 0 Å². The van der Waals surface area contributed by atoms with Crippen LogP contribution in [-0.2, 0) is 16.0 Å². The maximum Gasteiger partial charge on any atom is 0.249 e. The maximum absolute atomic E-state index is 12.8. The van der Waals surface area contributed by atoms with Gasteiger partial charge in [0, 0.05) is 11.4 Å². The zero-order valence-electron chi connectivity index (χ0n) is 11.9. The molecule has 0 bridgehead atoms. The van der Waals surface area contributed by atoms with Crippen molar-refractivity contribution in [3.8, 4) is 0 Å². The van der Waals surface area contributed by atoms with Crippen LogP contribution >= 0.6 is 11.3 Å². The van der Waals surface area contributed by atoms with E-state index in [9.17, 15) is 9.59 Å². The number of carbonyl (C=O) groups is 2. The highest BCUT2D eigenvalue weighted by molar-refractivity contribution is 7.09. The van der Waals surface area contributed by atoms with Crippen LogP contribution in [0.15, 0.2) is 17.5 Å². The van der Waals surface area contributed by atoms with Gasteiger partial charge in [-0.3, -0.25) is 9.59 Å². The molecule has 0 spiro atoms. The molecule has 1 aromatic rings. The van der Waals surface area contributed by atoms with E-state index < -0.39 is 5.54 Å². The Labute approximate surface area is 123 Å². The van der Waals surface area contributed by atoms with Gasteiger partial charge in [-0.05, 0) is 50.5 Å². The van der Waals surface area contributed by atoms with Gasteiger partial charge < -0.3 is 10.2 Å². The van der Waals surface area contributed by atoms with Crippen molar-refractivity contribution in [2.75, 3.05) is 6.54 Å². The summed E-state index contributed by atoms with van der Waals surface area (Å²) in [5, 5.41) is 4.99. The van der Waals surface area contributed by atoms with Crippen LogP contribution in [0, 0.1) is 5.92 Å². The summed E-state index contributed by atoms with van der Waals surface area (Å²) in [5.74, 6) is 0.379. The summed E-state index contributed by atoms with van der Waals surface area (Å²) < 4.78 is 0. The monoisotopic (exact) mass is 292 g/mol. The fourth-order valence-electron chi connectivity index (χ4n) is 2.95. The molecule has 4 nitrogen and oxygen atoms in total. The molecule has 108 valence electrons. The molecule has 1 saturated heterocycles. The van der Waals surface area contributed by atoms with E-state index in [0.29, 0.717) is 12.5 Å². The van der Waals surface area contributed by atoms with Crippen molar-refractivity contribution in [1.82, 2.24) is 10.2 Å². The second kappa shape index (κ2) is 4.88. The van der Waals surface area contributed by atoms with Crippen LogP contribution in [0.1, 0.15) is 31.6 Å². The highest BCUT2D eigenvalue weighted by Crippen LogP contribution is 2.42. The fraction of sp³-hybridized carbons (Fsp3) is 0.600. The Morgan fingerprint density at radius 3 is 2.80 bits per heavy atom. The quantitative estimate of drug-likeness (QED) is 0.920. The molecule has 2 aliphatic rings. The standard InChI is InChI=1S/C15H20N2O2S/c1-10-13(18)16-15(2,11-5-6-11)14(19)17(10)8-7-12-4-3-9-20-12/h3-4,9-11H,5-8H2,1-2H3,(H,16,18). The van der Waals surface area contributed by atoms with Gasteiger partial charge in [-0.15, -0.1) is 11.3 Å². The van der Waals surface area contributed by atoms with E-state index in [0.717, 1.165) is 19.3 Å². The minimum absolute atomic E-state index is 0.0230. The molecule has 1 aliphatic heterocycles. The highest BCUT2D eigenvalue weighted by Gasteiger charge is 2.54. The van der Waals surface area contributed by atoms with Gasteiger partial charge in [-0.2, -0.15) is 0 Å². The molecular weight excluding hydrogens is 272 g/mol. The minimum Gasteiger partial charge on any atom is -0.340 e. The Morgan fingerprint density at radius 1 is 1.45 bits per heavy atom. The van der Waals surface area contributed by atoms with Crippen LogP contribution in [0.2, 0.25) is 0 Å². The zero-order valence-corrected chi connectivity index (χ0v) is 12.7.